The number of hydrogen-bond acceptors (Lipinski definition) is 6. The van der Waals surface area contributed by atoms with E-state index in [1.807, 2.05) is 66.9 Å². The number of hydrogen-bond donors (Lipinski definition) is 1. The molecule has 31 heavy (non-hydrogen) atoms. The fraction of sp³-hybridized carbons (Fsp3) is 0.167. The first-order valence-corrected chi connectivity index (χ1v) is 10.3. The molecule has 7 heteroatoms. The number of aromatic nitrogens is 3. The van der Waals surface area contributed by atoms with Gasteiger partial charge in [-0.1, -0.05) is 42.5 Å². The lowest BCUT2D eigenvalue weighted by atomic mass is 10.0. The molecule has 4 aromatic rings. The fourth-order valence-corrected chi connectivity index (χ4v) is 3.85. The lowest BCUT2D eigenvalue weighted by molar-refractivity contribution is 0.102. The average molecular weight is 410 g/mol. The highest BCUT2D eigenvalue weighted by atomic mass is 16.1. The van der Waals surface area contributed by atoms with E-state index >= 15 is 0 Å². The van der Waals surface area contributed by atoms with Crippen LogP contribution in [-0.4, -0.2) is 47.0 Å². The number of nitrogens with zero attached hydrogens (tertiary/aromatic N) is 5. The lowest BCUT2D eigenvalue weighted by Gasteiger charge is -2.35. The molecule has 1 aliphatic rings. The molecule has 0 atom stereocenters. The van der Waals surface area contributed by atoms with Crippen LogP contribution >= 0.6 is 0 Å². The average Bonchev–Trinajstić information content (AvgIpc) is 2.85. The molecule has 2 aromatic heterocycles. The smallest absolute Gasteiger partial charge is 0.256 e. The summed E-state index contributed by atoms with van der Waals surface area (Å²) < 4.78 is 0. The molecule has 3 heterocycles. The van der Waals surface area contributed by atoms with Gasteiger partial charge < -0.3 is 15.1 Å². The van der Waals surface area contributed by atoms with E-state index in [0.29, 0.717) is 17.2 Å². The second kappa shape index (κ2) is 8.39. The summed E-state index contributed by atoms with van der Waals surface area (Å²) in [6.45, 7) is 3.36. The molecule has 0 spiro atoms. The molecule has 1 amide bonds. The number of pyridine rings is 1. The Morgan fingerprint density at radius 3 is 2.26 bits per heavy atom. The second-order valence-electron chi connectivity index (χ2n) is 7.41. The van der Waals surface area contributed by atoms with Crippen molar-refractivity contribution < 1.29 is 4.79 Å². The highest BCUT2D eigenvalue weighted by molar-refractivity contribution is 6.12. The standard InChI is InChI=1S/C24H22N6O/c31-23(21-9-5-7-18-6-1-2-8-20(18)21)28-19-16-26-24(27-17-19)30-14-12-29(13-15-30)22-10-3-4-11-25-22/h1-11,16-17H,12-15H2,(H,28,31). The van der Waals surface area contributed by atoms with Crippen molar-refractivity contribution in [2.24, 2.45) is 0 Å². The zero-order chi connectivity index (χ0) is 21.0. The molecule has 2 aromatic carbocycles. The van der Waals surface area contributed by atoms with Gasteiger partial charge in [0.2, 0.25) is 5.95 Å². The fourth-order valence-electron chi connectivity index (χ4n) is 3.85. The van der Waals surface area contributed by atoms with Gasteiger partial charge in [0.05, 0.1) is 18.1 Å². The Kier molecular flexibility index (Phi) is 5.14. The van der Waals surface area contributed by atoms with Gasteiger partial charge in [0.15, 0.2) is 0 Å². The van der Waals surface area contributed by atoms with E-state index in [1.54, 1.807) is 12.4 Å². The van der Waals surface area contributed by atoms with Crippen molar-refractivity contribution in [3.63, 3.8) is 0 Å². The monoisotopic (exact) mass is 410 g/mol. The Hall–Kier alpha value is -4.00. The zero-order valence-electron chi connectivity index (χ0n) is 17.0. The van der Waals surface area contributed by atoms with Crippen molar-refractivity contribution in [1.82, 2.24) is 15.0 Å². The number of nitrogens with one attached hydrogen (secondary N) is 1. The third kappa shape index (κ3) is 4.02. The van der Waals surface area contributed by atoms with Crippen LogP contribution in [0, 0.1) is 0 Å². The summed E-state index contributed by atoms with van der Waals surface area (Å²) in [5.41, 5.74) is 1.21. The summed E-state index contributed by atoms with van der Waals surface area (Å²) in [6.07, 6.45) is 5.14. The van der Waals surface area contributed by atoms with E-state index in [-0.39, 0.29) is 5.91 Å². The summed E-state index contributed by atoms with van der Waals surface area (Å²) in [7, 11) is 0. The van der Waals surface area contributed by atoms with E-state index in [0.717, 1.165) is 42.8 Å². The maximum absolute atomic E-state index is 12.8. The minimum atomic E-state index is -0.169. The SMILES string of the molecule is O=C(Nc1cnc(N2CCN(c3ccccn3)CC2)nc1)c1cccc2ccccc12. The Balaban J connectivity index is 1.24. The molecule has 0 aliphatic carbocycles. The predicted molar refractivity (Wildman–Crippen MR) is 123 cm³/mol. The van der Waals surface area contributed by atoms with Gasteiger partial charge in [0.1, 0.15) is 5.82 Å². The quantitative estimate of drug-likeness (QED) is 0.554. The van der Waals surface area contributed by atoms with Gasteiger partial charge in [-0.3, -0.25) is 4.79 Å². The molecule has 1 N–H and O–H groups in total. The van der Waals surface area contributed by atoms with Crippen LogP contribution in [0.25, 0.3) is 10.8 Å². The molecule has 0 saturated carbocycles. The number of fused-ring (bicyclic) bond motifs is 1. The Morgan fingerprint density at radius 1 is 0.774 bits per heavy atom. The lowest BCUT2D eigenvalue weighted by Crippen LogP contribution is -2.47. The van der Waals surface area contributed by atoms with Crippen LogP contribution in [0.5, 0.6) is 0 Å². The maximum Gasteiger partial charge on any atom is 0.256 e. The Morgan fingerprint density at radius 2 is 1.48 bits per heavy atom. The summed E-state index contributed by atoms with van der Waals surface area (Å²) in [5.74, 6) is 1.50. The Bertz CT molecular complexity index is 1180. The molecule has 1 fully saturated rings. The van der Waals surface area contributed by atoms with Crippen molar-refractivity contribution in [1.29, 1.82) is 0 Å². The largest absolute Gasteiger partial charge is 0.353 e. The summed E-state index contributed by atoms with van der Waals surface area (Å²) >= 11 is 0. The van der Waals surface area contributed by atoms with Crippen molar-refractivity contribution >= 4 is 34.1 Å². The molecule has 0 bridgehead atoms. The van der Waals surface area contributed by atoms with Crippen LogP contribution in [0.1, 0.15) is 10.4 Å². The van der Waals surface area contributed by atoms with Gasteiger partial charge in [-0.05, 0) is 29.0 Å². The Labute approximate surface area is 180 Å². The first kappa shape index (κ1) is 19.0. The highest BCUT2D eigenvalue weighted by Gasteiger charge is 2.20. The number of piperazine rings is 1. The molecule has 5 rings (SSSR count). The van der Waals surface area contributed by atoms with E-state index in [9.17, 15) is 4.79 Å². The van der Waals surface area contributed by atoms with E-state index in [1.165, 1.54) is 0 Å². The number of anilines is 3. The van der Waals surface area contributed by atoms with Crippen molar-refractivity contribution in [2.75, 3.05) is 41.3 Å². The number of amides is 1. The molecule has 0 unspecified atom stereocenters. The van der Waals surface area contributed by atoms with Gasteiger partial charge in [-0.2, -0.15) is 0 Å². The van der Waals surface area contributed by atoms with Gasteiger partial charge in [0.25, 0.3) is 5.91 Å². The predicted octanol–water partition coefficient (Wildman–Crippen LogP) is 3.60. The second-order valence-corrected chi connectivity index (χ2v) is 7.41. The van der Waals surface area contributed by atoms with Crippen LogP contribution in [0.15, 0.2) is 79.3 Å². The number of benzene rings is 2. The first-order chi connectivity index (χ1) is 15.3. The van der Waals surface area contributed by atoms with Crippen LogP contribution in [0.2, 0.25) is 0 Å². The molecule has 7 nitrogen and oxygen atoms in total. The van der Waals surface area contributed by atoms with E-state index in [4.69, 9.17) is 0 Å². The highest BCUT2D eigenvalue weighted by Crippen LogP contribution is 2.20. The molecular formula is C24H22N6O. The van der Waals surface area contributed by atoms with Crippen molar-refractivity contribution in [3.8, 4) is 0 Å². The molecule has 154 valence electrons. The van der Waals surface area contributed by atoms with Crippen molar-refractivity contribution in [3.05, 3.63) is 84.8 Å². The molecular weight excluding hydrogens is 388 g/mol. The first-order valence-electron chi connectivity index (χ1n) is 10.3. The van der Waals surface area contributed by atoms with Crippen LogP contribution in [-0.2, 0) is 0 Å². The van der Waals surface area contributed by atoms with Gasteiger partial charge in [0, 0.05) is 37.9 Å². The molecule has 0 radical (unpaired) electrons. The molecule has 1 aliphatic heterocycles. The minimum Gasteiger partial charge on any atom is -0.353 e. The minimum absolute atomic E-state index is 0.169. The topological polar surface area (TPSA) is 74.2 Å². The zero-order valence-corrected chi connectivity index (χ0v) is 17.0. The maximum atomic E-state index is 12.8. The number of rotatable bonds is 4. The summed E-state index contributed by atoms with van der Waals surface area (Å²) in [5, 5.41) is 4.87. The third-order valence-corrected chi connectivity index (χ3v) is 5.47. The summed E-state index contributed by atoms with van der Waals surface area (Å²) in [6, 6.07) is 19.5. The normalized spacial score (nSPS) is 13.9. The van der Waals surface area contributed by atoms with Gasteiger partial charge in [-0.25, -0.2) is 15.0 Å². The van der Waals surface area contributed by atoms with Crippen molar-refractivity contribution in [2.45, 2.75) is 0 Å². The number of carbonyl (C=O) groups excluding carboxylic acids is 1. The van der Waals surface area contributed by atoms with E-state index < -0.39 is 0 Å². The molecule has 1 saturated heterocycles. The van der Waals surface area contributed by atoms with Crippen LogP contribution in [0.4, 0.5) is 17.5 Å². The van der Waals surface area contributed by atoms with E-state index in [2.05, 4.69) is 30.1 Å². The third-order valence-electron chi connectivity index (χ3n) is 5.47. The number of carbonyl (C=O) groups is 1. The van der Waals surface area contributed by atoms with Crippen LogP contribution < -0.4 is 15.1 Å². The van der Waals surface area contributed by atoms with Gasteiger partial charge >= 0.3 is 0 Å². The summed E-state index contributed by atoms with van der Waals surface area (Å²) in [4.78, 5) is 30.6. The van der Waals surface area contributed by atoms with Gasteiger partial charge in [-0.15, -0.1) is 0 Å². The van der Waals surface area contributed by atoms with Crippen LogP contribution in [0.3, 0.4) is 0 Å².